The number of hydrogen-bond acceptors (Lipinski definition) is 4. The zero-order valence-corrected chi connectivity index (χ0v) is 18.1. The Morgan fingerprint density at radius 2 is 1.42 bits per heavy atom. The summed E-state index contributed by atoms with van der Waals surface area (Å²) in [5.41, 5.74) is 2.56. The van der Waals surface area contributed by atoms with Gasteiger partial charge in [-0.05, 0) is 61.4 Å². The molecule has 1 saturated carbocycles. The number of carbonyl (C=O) groups is 3. The number of carbonyl (C=O) groups excluding carboxylic acids is 3. The van der Waals surface area contributed by atoms with Crippen LogP contribution in [0.3, 0.4) is 0 Å². The van der Waals surface area contributed by atoms with Gasteiger partial charge in [0.1, 0.15) is 0 Å². The summed E-state index contributed by atoms with van der Waals surface area (Å²) in [5.74, 6) is -0.339. The van der Waals surface area contributed by atoms with Crippen molar-refractivity contribution in [2.45, 2.75) is 38.1 Å². The molecule has 164 valence electrons. The lowest BCUT2D eigenvalue weighted by atomic mass is 9.95. The zero-order chi connectivity index (χ0) is 22.2. The van der Waals surface area contributed by atoms with Crippen LogP contribution in [0.25, 0.3) is 0 Å². The predicted octanol–water partition coefficient (Wildman–Crippen LogP) is 3.50. The van der Waals surface area contributed by atoms with Gasteiger partial charge < -0.3 is 20.9 Å². The van der Waals surface area contributed by atoms with Crippen LogP contribution in [-0.4, -0.2) is 49.3 Å². The summed E-state index contributed by atoms with van der Waals surface area (Å²) >= 11 is 0. The van der Waals surface area contributed by atoms with E-state index in [4.69, 9.17) is 0 Å². The van der Waals surface area contributed by atoms with Crippen LogP contribution in [0.5, 0.6) is 0 Å². The molecule has 0 heterocycles. The van der Waals surface area contributed by atoms with E-state index in [0.717, 1.165) is 18.5 Å². The smallest absolute Gasteiger partial charge is 0.253 e. The van der Waals surface area contributed by atoms with E-state index in [2.05, 4.69) is 16.0 Å². The molecule has 2 aromatic rings. The molecule has 3 N–H and O–H groups in total. The van der Waals surface area contributed by atoms with E-state index < -0.39 is 0 Å². The minimum Gasteiger partial charge on any atom is -0.376 e. The van der Waals surface area contributed by atoms with Crippen molar-refractivity contribution in [3.63, 3.8) is 0 Å². The van der Waals surface area contributed by atoms with Gasteiger partial charge in [-0.25, -0.2) is 0 Å². The minimum atomic E-state index is -0.203. The minimum absolute atomic E-state index is 0.0487. The van der Waals surface area contributed by atoms with Crippen molar-refractivity contribution in [1.29, 1.82) is 0 Å². The van der Waals surface area contributed by atoms with E-state index in [0.29, 0.717) is 16.8 Å². The Labute approximate surface area is 183 Å². The van der Waals surface area contributed by atoms with E-state index in [9.17, 15) is 14.4 Å². The molecule has 7 nitrogen and oxygen atoms in total. The summed E-state index contributed by atoms with van der Waals surface area (Å²) in [6.07, 6.45) is 5.70. The van der Waals surface area contributed by atoms with Gasteiger partial charge in [-0.15, -0.1) is 0 Å². The van der Waals surface area contributed by atoms with Gasteiger partial charge in [-0.2, -0.15) is 0 Å². The molecule has 1 aliphatic rings. The monoisotopic (exact) mass is 422 g/mol. The van der Waals surface area contributed by atoms with Gasteiger partial charge in [-0.1, -0.05) is 19.3 Å². The number of benzene rings is 2. The average molecular weight is 423 g/mol. The van der Waals surface area contributed by atoms with Crippen LogP contribution in [0.4, 0.5) is 11.4 Å². The van der Waals surface area contributed by atoms with Crippen LogP contribution in [-0.2, 0) is 4.79 Å². The lowest BCUT2D eigenvalue weighted by Crippen LogP contribution is -2.36. The number of hydrogen-bond donors (Lipinski definition) is 3. The molecule has 3 rings (SSSR count). The zero-order valence-electron chi connectivity index (χ0n) is 18.1. The lowest BCUT2D eigenvalue weighted by Gasteiger charge is -2.22. The molecular formula is C24H30N4O3. The van der Waals surface area contributed by atoms with Crippen molar-refractivity contribution in [3.05, 3.63) is 59.7 Å². The molecule has 1 aliphatic carbocycles. The van der Waals surface area contributed by atoms with E-state index in [1.165, 1.54) is 24.2 Å². The maximum atomic E-state index is 12.4. The van der Waals surface area contributed by atoms with Crippen molar-refractivity contribution >= 4 is 29.1 Å². The first kappa shape index (κ1) is 22.3. The average Bonchev–Trinajstić information content (AvgIpc) is 2.78. The Hall–Kier alpha value is -3.35. The molecule has 2 aromatic carbocycles. The van der Waals surface area contributed by atoms with Gasteiger partial charge in [0, 0.05) is 42.6 Å². The molecule has 0 atom stereocenters. The molecule has 31 heavy (non-hydrogen) atoms. The SMILES string of the molecule is CN(C)C(=O)c1ccc(NC(=O)CNc2ccc(C(=O)NC3CCCCC3)cc2)cc1. The van der Waals surface area contributed by atoms with Crippen LogP contribution in [0.15, 0.2) is 48.5 Å². The highest BCUT2D eigenvalue weighted by atomic mass is 16.2. The van der Waals surface area contributed by atoms with Crippen LogP contribution in [0.1, 0.15) is 52.8 Å². The van der Waals surface area contributed by atoms with Gasteiger partial charge in [-0.3, -0.25) is 14.4 Å². The van der Waals surface area contributed by atoms with Crippen molar-refractivity contribution in [3.8, 4) is 0 Å². The maximum Gasteiger partial charge on any atom is 0.253 e. The molecule has 1 fully saturated rings. The largest absolute Gasteiger partial charge is 0.376 e. The van der Waals surface area contributed by atoms with E-state index >= 15 is 0 Å². The summed E-state index contributed by atoms with van der Waals surface area (Å²) in [5, 5.41) is 8.95. The Kier molecular flexibility index (Phi) is 7.65. The molecule has 3 amide bonds. The molecule has 0 spiro atoms. The molecule has 0 saturated heterocycles. The molecule has 0 unspecified atom stereocenters. The standard InChI is InChI=1S/C24H30N4O3/c1-28(2)24(31)18-10-14-21(15-11-18)26-22(29)16-25-19-12-8-17(9-13-19)23(30)27-20-6-4-3-5-7-20/h8-15,20,25H,3-7,16H2,1-2H3,(H,26,29)(H,27,30). The maximum absolute atomic E-state index is 12.4. The predicted molar refractivity (Wildman–Crippen MR) is 122 cm³/mol. The fraction of sp³-hybridized carbons (Fsp3) is 0.375. The fourth-order valence-electron chi connectivity index (χ4n) is 3.60. The fourth-order valence-corrected chi connectivity index (χ4v) is 3.60. The number of nitrogens with one attached hydrogen (secondary N) is 3. The normalized spacial score (nSPS) is 13.9. The topological polar surface area (TPSA) is 90.5 Å². The molecule has 0 aliphatic heterocycles. The van der Waals surface area contributed by atoms with Crippen LogP contribution < -0.4 is 16.0 Å². The molecule has 0 bridgehead atoms. The highest BCUT2D eigenvalue weighted by molar-refractivity contribution is 5.97. The summed E-state index contributed by atoms with van der Waals surface area (Å²) < 4.78 is 0. The summed E-state index contributed by atoms with van der Waals surface area (Å²) in [4.78, 5) is 38.0. The number of rotatable bonds is 7. The first-order valence-corrected chi connectivity index (χ1v) is 10.7. The Morgan fingerprint density at radius 1 is 0.839 bits per heavy atom. The molecule has 0 radical (unpaired) electrons. The van der Waals surface area contributed by atoms with Gasteiger partial charge in [0.25, 0.3) is 11.8 Å². The van der Waals surface area contributed by atoms with Gasteiger partial charge in [0.15, 0.2) is 0 Å². The number of anilines is 2. The third-order valence-corrected chi connectivity index (χ3v) is 5.36. The van der Waals surface area contributed by atoms with Gasteiger partial charge >= 0.3 is 0 Å². The Bertz CT molecular complexity index is 901. The highest BCUT2D eigenvalue weighted by Crippen LogP contribution is 2.18. The van der Waals surface area contributed by atoms with Crippen molar-refractivity contribution in [2.75, 3.05) is 31.3 Å². The second-order valence-electron chi connectivity index (χ2n) is 8.06. The van der Waals surface area contributed by atoms with Gasteiger partial charge in [0.05, 0.1) is 6.54 Å². The van der Waals surface area contributed by atoms with Crippen molar-refractivity contribution in [2.24, 2.45) is 0 Å². The summed E-state index contributed by atoms with van der Waals surface area (Å²) in [6, 6.07) is 14.2. The van der Waals surface area contributed by atoms with Gasteiger partial charge in [0.2, 0.25) is 5.91 Å². The van der Waals surface area contributed by atoms with Crippen LogP contribution in [0, 0.1) is 0 Å². The third kappa shape index (κ3) is 6.57. The Morgan fingerprint density at radius 3 is 2.03 bits per heavy atom. The Balaban J connectivity index is 1.45. The lowest BCUT2D eigenvalue weighted by molar-refractivity contribution is -0.114. The molecule has 7 heteroatoms. The van der Waals surface area contributed by atoms with E-state index in [1.54, 1.807) is 62.6 Å². The second kappa shape index (κ2) is 10.6. The summed E-state index contributed by atoms with van der Waals surface area (Å²) in [7, 11) is 3.39. The number of amides is 3. The third-order valence-electron chi connectivity index (χ3n) is 5.36. The van der Waals surface area contributed by atoms with Crippen LogP contribution >= 0.6 is 0 Å². The molecular weight excluding hydrogens is 392 g/mol. The second-order valence-corrected chi connectivity index (χ2v) is 8.06. The highest BCUT2D eigenvalue weighted by Gasteiger charge is 2.16. The van der Waals surface area contributed by atoms with Crippen molar-refractivity contribution in [1.82, 2.24) is 10.2 Å². The first-order valence-electron chi connectivity index (χ1n) is 10.7. The van der Waals surface area contributed by atoms with E-state index in [-0.39, 0.29) is 30.3 Å². The van der Waals surface area contributed by atoms with Crippen molar-refractivity contribution < 1.29 is 14.4 Å². The van der Waals surface area contributed by atoms with E-state index in [1.807, 2.05) is 0 Å². The molecule has 0 aromatic heterocycles. The summed E-state index contributed by atoms with van der Waals surface area (Å²) in [6.45, 7) is 0.0893. The van der Waals surface area contributed by atoms with Crippen LogP contribution in [0.2, 0.25) is 0 Å². The number of nitrogens with zero attached hydrogens (tertiary/aromatic N) is 1. The first-order chi connectivity index (χ1) is 14.9. The quantitative estimate of drug-likeness (QED) is 0.637.